The number of hydrogen-bond donors (Lipinski definition) is 4. The SMILES string of the molecule is CCC(c1ccccc1)C(N)(CCCP(=O)(O)O)C(=O)O. The van der Waals surface area contributed by atoms with Crippen molar-refractivity contribution >= 4 is 13.6 Å². The molecule has 0 aliphatic rings. The lowest BCUT2D eigenvalue weighted by Crippen LogP contribution is -2.53. The molecule has 0 aliphatic carbocycles. The topological polar surface area (TPSA) is 121 Å². The Morgan fingerprint density at radius 2 is 1.90 bits per heavy atom. The molecule has 0 saturated heterocycles. The zero-order valence-corrected chi connectivity index (χ0v) is 12.9. The van der Waals surface area contributed by atoms with Crippen LogP contribution in [0, 0.1) is 0 Å². The largest absolute Gasteiger partial charge is 0.480 e. The van der Waals surface area contributed by atoms with Crippen molar-refractivity contribution in [2.45, 2.75) is 37.6 Å². The van der Waals surface area contributed by atoms with Crippen LogP contribution in [0.5, 0.6) is 0 Å². The third-order valence-corrected chi connectivity index (χ3v) is 4.57. The van der Waals surface area contributed by atoms with Crippen LogP contribution in [-0.4, -0.2) is 32.6 Å². The molecule has 0 aromatic heterocycles. The first-order valence-corrected chi connectivity index (χ1v) is 8.62. The van der Waals surface area contributed by atoms with E-state index in [0.29, 0.717) is 6.42 Å². The summed E-state index contributed by atoms with van der Waals surface area (Å²) in [4.78, 5) is 29.4. The third-order valence-electron chi connectivity index (χ3n) is 3.67. The Morgan fingerprint density at radius 3 is 2.33 bits per heavy atom. The molecule has 0 amide bonds. The Morgan fingerprint density at radius 1 is 1.33 bits per heavy atom. The molecule has 0 spiro atoms. The average Bonchev–Trinajstić information content (AvgIpc) is 2.39. The second kappa shape index (κ2) is 7.18. The van der Waals surface area contributed by atoms with Gasteiger partial charge >= 0.3 is 13.6 Å². The number of rotatable bonds is 8. The summed E-state index contributed by atoms with van der Waals surface area (Å²) >= 11 is 0. The first-order chi connectivity index (χ1) is 9.70. The zero-order chi connectivity index (χ0) is 16.1. The van der Waals surface area contributed by atoms with Gasteiger partial charge in [0.15, 0.2) is 0 Å². The highest BCUT2D eigenvalue weighted by molar-refractivity contribution is 7.51. The minimum absolute atomic E-state index is 0.0147. The summed E-state index contributed by atoms with van der Waals surface area (Å²) in [6.07, 6.45) is 0.254. The van der Waals surface area contributed by atoms with E-state index in [-0.39, 0.29) is 19.0 Å². The smallest absolute Gasteiger partial charge is 0.325 e. The predicted molar refractivity (Wildman–Crippen MR) is 80.2 cm³/mol. The van der Waals surface area contributed by atoms with Crippen molar-refractivity contribution < 1.29 is 24.3 Å². The first kappa shape index (κ1) is 17.9. The molecule has 5 N–H and O–H groups in total. The quantitative estimate of drug-likeness (QED) is 0.544. The third kappa shape index (κ3) is 4.93. The lowest BCUT2D eigenvalue weighted by Gasteiger charge is -2.33. The number of carbonyl (C=O) groups is 1. The summed E-state index contributed by atoms with van der Waals surface area (Å²) in [6.45, 7) is 1.85. The van der Waals surface area contributed by atoms with Gasteiger partial charge in [-0.3, -0.25) is 9.36 Å². The van der Waals surface area contributed by atoms with Gasteiger partial charge in [0, 0.05) is 12.1 Å². The fourth-order valence-corrected chi connectivity index (χ4v) is 3.16. The van der Waals surface area contributed by atoms with E-state index >= 15 is 0 Å². The Balaban J connectivity index is 2.97. The number of benzene rings is 1. The van der Waals surface area contributed by atoms with E-state index in [1.807, 2.05) is 37.3 Å². The average molecular weight is 315 g/mol. The van der Waals surface area contributed by atoms with E-state index < -0.39 is 25.0 Å². The minimum atomic E-state index is -4.14. The van der Waals surface area contributed by atoms with E-state index in [4.69, 9.17) is 15.5 Å². The monoisotopic (exact) mass is 315 g/mol. The van der Waals surface area contributed by atoms with Gasteiger partial charge in [-0.1, -0.05) is 37.3 Å². The van der Waals surface area contributed by atoms with E-state index in [9.17, 15) is 14.5 Å². The van der Waals surface area contributed by atoms with E-state index in [0.717, 1.165) is 5.56 Å². The van der Waals surface area contributed by atoms with Crippen LogP contribution in [0.3, 0.4) is 0 Å². The Kier molecular flexibility index (Phi) is 6.10. The fourth-order valence-electron chi connectivity index (χ4n) is 2.59. The second-order valence-corrected chi connectivity index (χ2v) is 6.99. The molecule has 2 atom stereocenters. The molecule has 1 rings (SSSR count). The van der Waals surface area contributed by atoms with Crippen LogP contribution in [0.25, 0.3) is 0 Å². The molecule has 0 fully saturated rings. The first-order valence-electron chi connectivity index (χ1n) is 6.82. The van der Waals surface area contributed by atoms with Crippen LogP contribution >= 0.6 is 7.60 Å². The molecule has 7 heteroatoms. The van der Waals surface area contributed by atoms with Gasteiger partial charge in [-0.05, 0) is 24.8 Å². The molecular weight excluding hydrogens is 293 g/mol. The maximum Gasteiger partial charge on any atom is 0.325 e. The molecule has 1 aromatic carbocycles. The van der Waals surface area contributed by atoms with E-state index in [2.05, 4.69) is 0 Å². The van der Waals surface area contributed by atoms with Crippen LogP contribution in [0.4, 0.5) is 0 Å². The molecule has 2 unspecified atom stereocenters. The van der Waals surface area contributed by atoms with Crippen molar-refractivity contribution in [1.29, 1.82) is 0 Å². The summed E-state index contributed by atoms with van der Waals surface area (Å²) < 4.78 is 10.9. The number of hydrogen-bond acceptors (Lipinski definition) is 3. The minimum Gasteiger partial charge on any atom is -0.480 e. The van der Waals surface area contributed by atoms with Crippen LogP contribution in [0.15, 0.2) is 30.3 Å². The van der Waals surface area contributed by atoms with Crippen LogP contribution < -0.4 is 5.73 Å². The lowest BCUT2D eigenvalue weighted by molar-refractivity contribution is -0.144. The molecule has 6 nitrogen and oxygen atoms in total. The van der Waals surface area contributed by atoms with Crippen molar-refractivity contribution in [2.24, 2.45) is 5.73 Å². The van der Waals surface area contributed by atoms with Crippen LogP contribution in [-0.2, 0) is 9.36 Å². The molecule has 0 bridgehead atoms. The molecular formula is C14H22NO5P. The van der Waals surface area contributed by atoms with Gasteiger partial charge < -0.3 is 20.6 Å². The maximum absolute atomic E-state index is 11.6. The van der Waals surface area contributed by atoms with Crippen molar-refractivity contribution in [3.8, 4) is 0 Å². The maximum atomic E-state index is 11.6. The van der Waals surface area contributed by atoms with Crippen LogP contribution in [0.1, 0.15) is 37.7 Å². The summed E-state index contributed by atoms with van der Waals surface area (Å²) in [5.74, 6) is -1.56. The fraction of sp³-hybridized carbons (Fsp3) is 0.500. The molecule has 1 aromatic rings. The summed E-state index contributed by atoms with van der Waals surface area (Å²) in [6, 6.07) is 9.11. The van der Waals surface area contributed by atoms with Crippen molar-refractivity contribution in [3.63, 3.8) is 0 Å². The molecule has 118 valence electrons. The predicted octanol–water partition coefficient (Wildman–Crippen LogP) is 1.92. The molecule has 0 radical (unpaired) electrons. The van der Waals surface area contributed by atoms with E-state index in [1.165, 1.54) is 0 Å². The molecule has 0 aliphatic heterocycles. The highest BCUT2D eigenvalue weighted by atomic mass is 31.2. The Bertz CT molecular complexity index is 515. The summed E-state index contributed by atoms with van der Waals surface area (Å²) in [5.41, 5.74) is 5.39. The number of carboxylic acids is 1. The van der Waals surface area contributed by atoms with Crippen molar-refractivity contribution in [1.82, 2.24) is 0 Å². The zero-order valence-electron chi connectivity index (χ0n) is 12.0. The highest BCUT2D eigenvalue weighted by Gasteiger charge is 2.42. The molecule has 0 heterocycles. The lowest BCUT2D eigenvalue weighted by atomic mass is 9.75. The van der Waals surface area contributed by atoms with Gasteiger partial charge in [-0.25, -0.2) is 0 Å². The van der Waals surface area contributed by atoms with Gasteiger partial charge in [0.1, 0.15) is 5.54 Å². The normalized spacial score (nSPS) is 16.2. The molecule has 21 heavy (non-hydrogen) atoms. The van der Waals surface area contributed by atoms with Crippen molar-refractivity contribution in [3.05, 3.63) is 35.9 Å². The number of carboxylic acid groups (broad SMARTS) is 1. The van der Waals surface area contributed by atoms with Gasteiger partial charge in [0.05, 0.1) is 0 Å². The van der Waals surface area contributed by atoms with Gasteiger partial charge in [-0.2, -0.15) is 0 Å². The second-order valence-electron chi connectivity index (χ2n) is 5.21. The summed E-state index contributed by atoms with van der Waals surface area (Å²) in [7, 11) is -4.14. The Labute approximate surface area is 124 Å². The molecule has 0 saturated carbocycles. The highest BCUT2D eigenvalue weighted by Crippen LogP contribution is 2.38. The van der Waals surface area contributed by atoms with Gasteiger partial charge in [0.25, 0.3) is 0 Å². The number of aliphatic carboxylic acids is 1. The standard InChI is InChI=1S/C14H22NO5P/c1-2-12(11-7-4-3-5-8-11)14(15,13(16)17)9-6-10-21(18,19)20/h3-5,7-8,12H,2,6,9-10,15H2,1H3,(H,16,17)(H2,18,19,20). The van der Waals surface area contributed by atoms with Gasteiger partial charge in [0.2, 0.25) is 0 Å². The van der Waals surface area contributed by atoms with Gasteiger partial charge in [-0.15, -0.1) is 0 Å². The Hall–Kier alpha value is -1.20. The van der Waals surface area contributed by atoms with Crippen LogP contribution in [0.2, 0.25) is 0 Å². The van der Waals surface area contributed by atoms with E-state index in [1.54, 1.807) is 0 Å². The summed E-state index contributed by atoms with van der Waals surface area (Å²) in [5, 5.41) is 9.51. The number of nitrogens with two attached hydrogens (primary N) is 1. The van der Waals surface area contributed by atoms with Crippen molar-refractivity contribution in [2.75, 3.05) is 6.16 Å².